The predicted octanol–water partition coefficient (Wildman–Crippen LogP) is 2.88. The van der Waals surface area contributed by atoms with E-state index in [9.17, 15) is 0 Å². The molecular formula is C12H16ClN3S. The summed E-state index contributed by atoms with van der Waals surface area (Å²) in [6.07, 6.45) is 4.80. The summed E-state index contributed by atoms with van der Waals surface area (Å²) in [4.78, 5) is 9.11. The number of pyridine rings is 1. The number of thioether (sulfide) groups is 1. The number of hydrogen-bond donors (Lipinski definition) is 0. The van der Waals surface area contributed by atoms with Crippen LogP contribution in [0.3, 0.4) is 0 Å². The van der Waals surface area contributed by atoms with Crippen LogP contribution in [0.4, 0.5) is 0 Å². The number of aromatic nitrogens is 3. The van der Waals surface area contributed by atoms with Crippen molar-refractivity contribution in [1.82, 2.24) is 14.5 Å². The first kappa shape index (κ1) is 12.7. The molecule has 5 heteroatoms. The predicted molar refractivity (Wildman–Crippen MR) is 75.1 cm³/mol. The van der Waals surface area contributed by atoms with Gasteiger partial charge in [0, 0.05) is 30.8 Å². The zero-order chi connectivity index (χ0) is 12.3. The molecule has 2 rings (SSSR count). The molecule has 2 aromatic heterocycles. The van der Waals surface area contributed by atoms with Gasteiger partial charge in [-0.25, -0.2) is 9.97 Å². The van der Waals surface area contributed by atoms with Gasteiger partial charge in [0.1, 0.15) is 11.3 Å². The Morgan fingerprint density at radius 3 is 3.00 bits per heavy atom. The Morgan fingerprint density at radius 1 is 1.47 bits per heavy atom. The maximum absolute atomic E-state index is 5.82. The van der Waals surface area contributed by atoms with Gasteiger partial charge < -0.3 is 4.57 Å². The number of halogens is 1. The van der Waals surface area contributed by atoms with Crippen molar-refractivity contribution in [3.63, 3.8) is 0 Å². The molecule has 0 N–H and O–H groups in total. The molecule has 0 saturated carbocycles. The Hall–Kier alpha value is -0.740. The van der Waals surface area contributed by atoms with E-state index in [1.165, 1.54) is 0 Å². The van der Waals surface area contributed by atoms with Gasteiger partial charge in [-0.3, -0.25) is 0 Å². The molecule has 2 aromatic rings. The van der Waals surface area contributed by atoms with Crippen LogP contribution < -0.4 is 0 Å². The standard InChI is InChI=1S/C12H16ClN3S/c1-9-7-10-12(14-8-9)16(5-6-17-2)11(15-10)3-4-13/h7-8H,3-6H2,1-2H3. The molecule has 0 unspecified atom stereocenters. The van der Waals surface area contributed by atoms with E-state index in [1.54, 1.807) is 0 Å². The number of hydrogen-bond acceptors (Lipinski definition) is 3. The highest BCUT2D eigenvalue weighted by Gasteiger charge is 2.11. The number of alkyl halides is 1. The maximum Gasteiger partial charge on any atom is 0.160 e. The number of fused-ring (bicyclic) bond motifs is 1. The summed E-state index contributed by atoms with van der Waals surface area (Å²) in [5.41, 5.74) is 3.10. The van der Waals surface area contributed by atoms with Crippen LogP contribution in [0.5, 0.6) is 0 Å². The maximum atomic E-state index is 5.82. The molecular weight excluding hydrogens is 254 g/mol. The van der Waals surface area contributed by atoms with Crippen LogP contribution in [0.2, 0.25) is 0 Å². The van der Waals surface area contributed by atoms with Gasteiger partial charge in [0.15, 0.2) is 5.65 Å². The Bertz CT molecular complexity index is 510. The molecule has 0 spiro atoms. The van der Waals surface area contributed by atoms with Gasteiger partial charge in [0.05, 0.1) is 0 Å². The van der Waals surface area contributed by atoms with Crippen molar-refractivity contribution >= 4 is 34.5 Å². The summed E-state index contributed by atoms with van der Waals surface area (Å²) in [5, 5.41) is 0. The lowest BCUT2D eigenvalue weighted by atomic mass is 10.3. The van der Waals surface area contributed by atoms with Crippen LogP contribution in [0.15, 0.2) is 12.3 Å². The van der Waals surface area contributed by atoms with E-state index in [0.29, 0.717) is 5.88 Å². The van der Waals surface area contributed by atoms with E-state index >= 15 is 0 Å². The summed E-state index contributed by atoms with van der Waals surface area (Å²) in [7, 11) is 0. The van der Waals surface area contributed by atoms with Crippen molar-refractivity contribution < 1.29 is 0 Å². The summed E-state index contributed by atoms with van der Waals surface area (Å²) in [6.45, 7) is 2.98. The Labute approximate surface area is 111 Å². The summed E-state index contributed by atoms with van der Waals surface area (Å²) < 4.78 is 2.19. The van der Waals surface area contributed by atoms with E-state index in [0.717, 1.165) is 41.3 Å². The lowest BCUT2D eigenvalue weighted by Crippen LogP contribution is -2.07. The van der Waals surface area contributed by atoms with Crippen molar-refractivity contribution in [2.24, 2.45) is 0 Å². The highest BCUT2D eigenvalue weighted by Crippen LogP contribution is 2.16. The van der Waals surface area contributed by atoms with Gasteiger partial charge in [0.2, 0.25) is 0 Å². The fourth-order valence-electron chi connectivity index (χ4n) is 1.85. The van der Waals surface area contributed by atoms with E-state index in [-0.39, 0.29) is 0 Å². The molecule has 0 aliphatic rings. The molecule has 0 atom stereocenters. The van der Waals surface area contributed by atoms with E-state index in [4.69, 9.17) is 11.6 Å². The van der Waals surface area contributed by atoms with Gasteiger partial charge in [-0.15, -0.1) is 11.6 Å². The fraction of sp³-hybridized carbons (Fsp3) is 0.500. The minimum Gasteiger partial charge on any atom is -0.312 e. The first-order chi connectivity index (χ1) is 8.26. The van der Waals surface area contributed by atoms with Crippen LogP contribution in [0.25, 0.3) is 11.2 Å². The van der Waals surface area contributed by atoms with Crippen molar-refractivity contribution in [2.75, 3.05) is 17.9 Å². The van der Waals surface area contributed by atoms with Crippen molar-refractivity contribution in [3.05, 3.63) is 23.7 Å². The van der Waals surface area contributed by atoms with Gasteiger partial charge in [-0.1, -0.05) is 0 Å². The van der Waals surface area contributed by atoms with E-state index in [2.05, 4.69) is 26.9 Å². The fourth-order valence-corrected chi connectivity index (χ4v) is 2.39. The van der Waals surface area contributed by atoms with Gasteiger partial charge in [0.25, 0.3) is 0 Å². The molecule has 0 radical (unpaired) electrons. The van der Waals surface area contributed by atoms with Crippen molar-refractivity contribution in [1.29, 1.82) is 0 Å². The van der Waals surface area contributed by atoms with E-state index < -0.39 is 0 Å². The SMILES string of the molecule is CSCCn1c(CCCl)nc2cc(C)cnc21. The largest absolute Gasteiger partial charge is 0.312 e. The second-order valence-corrected chi connectivity index (χ2v) is 5.33. The van der Waals surface area contributed by atoms with Crippen molar-refractivity contribution in [3.8, 4) is 0 Å². The smallest absolute Gasteiger partial charge is 0.160 e. The molecule has 0 amide bonds. The molecule has 0 bridgehead atoms. The minimum absolute atomic E-state index is 0.599. The van der Waals surface area contributed by atoms with Gasteiger partial charge >= 0.3 is 0 Å². The van der Waals surface area contributed by atoms with Crippen LogP contribution in [0, 0.1) is 6.92 Å². The number of aryl methyl sites for hydroxylation is 3. The Kier molecular flexibility index (Phi) is 4.29. The summed E-state index contributed by atoms with van der Waals surface area (Å²) in [5.74, 6) is 2.71. The molecule has 0 aliphatic heterocycles. The monoisotopic (exact) mass is 269 g/mol. The van der Waals surface area contributed by atoms with Gasteiger partial charge in [-0.05, 0) is 24.8 Å². The van der Waals surface area contributed by atoms with Crippen molar-refractivity contribution in [2.45, 2.75) is 19.9 Å². The first-order valence-corrected chi connectivity index (χ1v) is 7.55. The topological polar surface area (TPSA) is 30.7 Å². The zero-order valence-corrected chi connectivity index (χ0v) is 11.7. The zero-order valence-electron chi connectivity index (χ0n) is 10.1. The Morgan fingerprint density at radius 2 is 2.29 bits per heavy atom. The average molecular weight is 270 g/mol. The molecule has 0 aromatic carbocycles. The van der Waals surface area contributed by atoms with Crippen LogP contribution in [-0.4, -0.2) is 32.4 Å². The minimum atomic E-state index is 0.599. The highest BCUT2D eigenvalue weighted by atomic mass is 35.5. The number of nitrogens with zero attached hydrogens (tertiary/aromatic N) is 3. The lowest BCUT2D eigenvalue weighted by Gasteiger charge is -2.06. The van der Waals surface area contributed by atoms with Crippen LogP contribution in [0.1, 0.15) is 11.4 Å². The third-order valence-electron chi connectivity index (χ3n) is 2.64. The molecule has 92 valence electrons. The highest BCUT2D eigenvalue weighted by molar-refractivity contribution is 7.98. The van der Waals surface area contributed by atoms with E-state index in [1.807, 2.05) is 24.9 Å². The molecule has 2 heterocycles. The van der Waals surface area contributed by atoms with Crippen LogP contribution >= 0.6 is 23.4 Å². The second kappa shape index (κ2) is 5.74. The molecule has 17 heavy (non-hydrogen) atoms. The number of rotatable bonds is 5. The van der Waals surface area contributed by atoms with Gasteiger partial charge in [-0.2, -0.15) is 11.8 Å². The molecule has 3 nitrogen and oxygen atoms in total. The summed E-state index contributed by atoms with van der Waals surface area (Å²) >= 11 is 7.65. The molecule has 0 aliphatic carbocycles. The second-order valence-electron chi connectivity index (χ2n) is 3.97. The first-order valence-electron chi connectivity index (χ1n) is 5.63. The quantitative estimate of drug-likeness (QED) is 0.782. The summed E-state index contributed by atoms with van der Waals surface area (Å²) in [6, 6.07) is 2.08. The molecule has 0 fully saturated rings. The number of imidazole rings is 1. The Balaban J connectivity index is 2.46. The lowest BCUT2D eigenvalue weighted by molar-refractivity contribution is 0.728. The average Bonchev–Trinajstić information content (AvgIpc) is 2.63. The molecule has 0 saturated heterocycles. The van der Waals surface area contributed by atoms with Crippen LogP contribution in [-0.2, 0) is 13.0 Å². The third kappa shape index (κ3) is 2.75. The third-order valence-corrected chi connectivity index (χ3v) is 3.42. The normalized spacial score (nSPS) is 11.2.